The van der Waals surface area contributed by atoms with Crippen molar-refractivity contribution in [3.63, 3.8) is 0 Å². The maximum Gasteiger partial charge on any atom is 0.287 e. The first kappa shape index (κ1) is 14.4. The van der Waals surface area contributed by atoms with Crippen molar-refractivity contribution >= 4 is 17.5 Å². The molecule has 1 aliphatic rings. The zero-order chi connectivity index (χ0) is 14.0. The van der Waals surface area contributed by atoms with E-state index in [-0.39, 0.29) is 28.5 Å². The lowest BCUT2D eigenvalue weighted by Gasteiger charge is -2.40. The minimum absolute atomic E-state index is 0.180. The maximum absolute atomic E-state index is 11.9. The van der Waals surface area contributed by atoms with Gasteiger partial charge in [-0.1, -0.05) is 0 Å². The molecule has 0 atom stereocenters. The van der Waals surface area contributed by atoms with E-state index in [4.69, 9.17) is 16.0 Å². The Morgan fingerprint density at radius 2 is 2.00 bits per heavy atom. The number of piperidine rings is 1. The maximum atomic E-state index is 11.9. The van der Waals surface area contributed by atoms with Crippen molar-refractivity contribution in [1.82, 2.24) is 10.2 Å². The van der Waals surface area contributed by atoms with Gasteiger partial charge < -0.3 is 9.73 Å². The quantitative estimate of drug-likeness (QED) is 0.908. The fourth-order valence-corrected chi connectivity index (χ4v) is 2.53. The van der Waals surface area contributed by atoms with E-state index in [2.05, 4.69) is 31.0 Å². The van der Waals surface area contributed by atoms with Gasteiger partial charge in [-0.05, 0) is 57.3 Å². The van der Waals surface area contributed by atoms with Gasteiger partial charge in [0.05, 0.1) is 0 Å². The van der Waals surface area contributed by atoms with E-state index in [1.54, 1.807) is 12.1 Å². The molecular weight excluding hydrogens is 264 g/mol. The average molecular weight is 285 g/mol. The second kappa shape index (κ2) is 5.55. The average Bonchev–Trinajstić information content (AvgIpc) is 2.75. The third-order valence-electron chi connectivity index (χ3n) is 3.58. The smallest absolute Gasteiger partial charge is 0.287 e. The highest BCUT2D eigenvalue weighted by atomic mass is 35.5. The molecule has 0 aromatic carbocycles. The van der Waals surface area contributed by atoms with Crippen LogP contribution >= 0.6 is 11.6 Å². The number of carbonyl (C=O) groups excluding carboxylic acids is 1. The minimum atomic E-state index is -0.180. The SMILES string of the molecule is CC(C)(C)N1CCC(NC(=O)c2ccc(Cl)o2)CC1. The predicted molar refractivity (Wildman–Crippen MR) is 75.5 cm³/mol. The van der Waals surface area contributed by atoms with Crippen LogP contribution in [0.4, 0.5) is 0 Å². The Balaban J connectivity index is 1.84. The van der Waals surface area contributed by atoms with Crippen LogP contribution in [0.3, 0.4) is 0 Å². The molecule has 2 heterocycles. The van der Waals surface area contributed by atoms with Gasteiger partial charge in [0.2, 0.25) is 0 Å². The molecule has 1 N–H and O–H groups in total. The number of carbonyl (C=O) groups is 1. The van der Waals surface area contributed by atoms with Crippen LogP contribution in [-0.2, 0) is 0 Å². The van der Waals surface area contributed by atoms with Gasteiger partial charge in [0, 0.05) is 24.7 Å². The van der Waals surface area contributed by atoms with E-state index in [0.717, 1.165) is 25.9 Å². The van der Waals surface area contributed by atoms with Crippen LogP contribution in [0.1, 0.15) is 44.2 Å². The van der Waals surface area contributed by atoms with Gasteiger partial charge in [0.15, 0.2) is 11.0 Å². The molecule has 5 heteroatoms. The molecule has 106 valence electrons. The van der Waals surface area contributed by atoms with E-state index in [1.165, 1.54) is 0 Å². The molecule has 0 bridgehead atoms. The largest absolute Gasteiger partial charge is 0.440 e. The number of rotatable bonds is 2. The van der Waals surface area contributed by atoms with Crippen molar-refractivity contribution in [2.24, 2.45) is 0 Å². The molecule has 19 heavy (non-hydrogen) atoms. The number of furan rings is 1. The minimum Gasteiger partial charge on any atom is -0.440 e. The number of likely N-dealkylation sites (tertiary alicyclic amines) is 1. The van der Waals surface area contributed by atoms with E-state index in [0.29, 0.717) is 0 Å². The molecule has 0 unspecified atom stereocenters. The summed E-state index contributed by atoms with van der Waals surface area (Å²) in [5.41, 5.74) is 0.198. The van der Waals surface area contributed by atoms with E-state index >= 15 is 0 Å². The number of hydrogen-bond donors (Lipinski definition) is 1. The van der Waals surface area contributed by atoms with Crippen molar-refractivity contribution in [2.45, 2.75) is 45.2 Å². The van der Waals surface area contributed by atoms with Gasteiger partial charge in [-0.15, -0.1) is 0 Å². The second-order valence-corrected chi connectivity index (χ2v) is 6.38. The Labute approximate surface area is 119 Å². The first-order chi connectivity index (χ1) is 8.86. The van der Waals surface area contributed by atoms with Crippen molar-refractivity contribution in [2.75, 3.05) is 13.1 Å². The third-order valence-corrected chi connectivity index (χ3v) is 3.78. The van der Waals surface area contributed by atoms with E-state index < -0.39 is 0 Å². The van der Waals surface area contributed by atoms with Crippen molar-refractivity contribution in [3.05, 3.63) is 23.1 Å². The molecule has 1 saturated heterocycles. The van der Waals surface area contributed by atoms with Crippen molar-refractivity contribution in [1.29, 1.82) is 0 Å². The van der Waals surface area contributed by atoms with Crippen molar-refractivity contribution < 1.29 is 9.21 Å². The highest BCUT2D eigenvalue weighted by Crippen LogP contribution is 2.20. The molecule has 4 nitrogen and oxygen atoms in total. The summed E-state index contributed by atoms with van der Waals surface area (Å²) >= 11 is 5.66. The fraction of sp³-hybridized carbons (Fsp3) is 0.643. The van der Waals surface area contributed by atoms with Crippen LogP contribution in [0, 0.1) is 0 Å². The lowest BCUT2D eigenvalue weighted by molar-refractivity contribution is 0.0793. The van der Waals surface area contributed by atoms with Crippen LogP contribution in [-0.4, -0.2) is 35.5 Å². The summed E-state index contributed by atoms with van der Waals surface area (Å²) in [4.78, 5) is 14.4. The van der Waals surface area contributed by atoms with Gasteiger partial charge in [0.25, 0.3) is 5.91 Å². The summed E-state index contributed by atoms with van der Waals surface area (Å²) in [5.74, 6) is 0.101. The highest BCUT2D eigenvalue weighted by Gasteiger charge is 2.28. The molecule has 1 aromatic heterocycles. The first-order valence-corrected chi connectivity index (χ1v) is 7.05. The molecular formula is C14H21ClN2O2. The van der Waals surface area contributed by atoms with Gasteiger partial charge >= 0.3 is 0 Å². The topological polar surface area (TPSA) is 45.5 Å². The Morgan fingerprint density at radius 3 is 2.47 bits per heavy atom. The molecule has 1 aliphatic heterocycles. The zero-order valence-electron chi connectivity index (χ0n) is 11.7. The van der Waals surface area contributed by atoms with E-state index in [1.807, 2.05) is 0 Å². The second-order valence-electron chi connectivity index (χ2n) is 6.01. The van der Waals surface area contributed by atoms with Crippen LogP contribution in [0.25, 0.3) is 0 Å². The predicted octanol–water partition coefficient (Wildman–Crippen LogP) is 2.93. The monoisotopic (exact) mass is 284 g/mol. The fourth-order valence-electron chi connectivity index (χ4n) is 2.39. The van der Waals surface area contributed by atoms with Crippen molar-refractivity contribution in [3.8, 4) is 0 Å². The lowest BCUT2D eigenvalue weighted by atomic mass is 9.98. The molecule has 0 aliphatic carbocycles. The normalized spacial score (nSPS) is 18.5. The molecule has 0 spiro atoms. The van der Waals surface area contributed by atoms with Gasteiger partial charge in [0.1, 0.15) is 0 Å². The molecule has 1 aromatic rings. The van der Waals surface area contributed by atoms with Gasteiger partial charge in [-0.25, -0.2) is 0 Å². The number of amides is 1. The van der Waals surface area contributed by atoms with Gasteiger partial charge in [-0.3, -0.25) is 9.69 Å². The zero-order valence-corrected chi connectivity index (χ0v) is 12.5. The Morgan fingerprint density at radius 1 is 1.37 bits per heavy atom. The Kier molecular flexibility index (Phi) is 4.21. The summed E-state index contributed by atoms with van der Waals surface area (Å²) in [6, 6.07) is 3.40. The third kappa shape index (κ3) is 3.74. The number of halogens is 1. The molecule has 2 rings (SSSR count). The molecule has 1 amide bonds. The standard InChI is InChI=1S/C14H21ClN2O2/c1-14(2,3)17-8-6-10(7-9-17)16-13(18)11-4-5-12(15)19-11/h4-5,10H,6-9H2,1-3H3,(H,16,18). The molecule has 0 radical (unpaired) electrons. The summed E-state index contributed by atoms with van der Waals surface area (Å²) in [6.45, 7) is 8.67. The summed E-state index contributed by atoms with van der Waals surface area (Å²) < 4.78 is 5.11. The Bertz CT molecular complexity index is 443. The number of nitrogens with one attached hydrogen (secondary N) is 1. The van der Waals surface area contributed by atoms with E-state index in [9.17, 15) is 4.79 Å². The van der Waals surface area contributed by atoms with Crippen LogP contribution in [0.15, 0.2) is 16.5 Å². The lowest BCUT2D eigenvalue weighted by Crippen LogP contribution is -2.50. The van der Waals surface area contributed by atoms with Gasteiger partial charge in [-0.2, -0.15) is 0 Å². The first-order valence-electron chi connectivity index (χ1n) is 6.67. The number of hydrogen-bond acceptors (Lipinski definition) is 3. The summed E-state index contributed by atoms with van der Waals surface area (Å²) in [5, 5.41) is 3.25. The summed E-state index contributed by atoms with van der Waals surface area (Å²) in [7, 11) is 0. The van der Waals surface area contributed by atoms with Crippen LogP contribution in [0.2, 0.25) is 5.22 Å². The van der Waals surface area contributed by atoms with Crippen LogP contribution in [0.5, 0.6) is 0 Å². The van der Waals surface area contributed by atoms with Crippen LogP contribution < -0.4 is 5.32 Å². The number of nitrogens with zero attached hydrogens (tertiary/aromatic N) is 1. The Hall–Kier alpha value is -1.00. The molecule has 0 saturated carbocycles. The summed E-state index contributed by atoms with van der Waals surface area (Å²) in [6.07, 6.45) is 1.94. The molecule has 1 fully saturated rings. The highest BCUT2D eigenvalue weighted by molar-refractivity contribution is 6.29.